The van der Waals surface area contributed by atoms with Gasteiger partial charge in [-0.05, 0) is 29.7 Å². The summed E-state index contributed by atoms with van der Waals surface area (Å²) >= 11 is 6.09. The lowest BCUT2D eigenvalue weighted by atomic mass is 10.0. The zero-order chi connectivity index (χ0) is 18.1. The number of aromatic nitrogens is 1. The number of rotatable bonds is 3. The number of ether oxygens (including phenoxy) is 1. The van der Waals surface area contributed by atoms with Crippen LogP contribution in [0.5, 0.6) is 0 Å². The molecule has 4 nitrogen and oxygen atoms in total. The highest BCUT2D eigenvalue weighted by atomic mass is 35.5. The first kappa shape index (κ1) is 16.4. The number of hydrogen-bond acceptors (Lipinski definition) is 4. The maximum Gasteiger partial charge on any atom is 0.340 e. The molecule has 0 spiro atoms. The van der Waals surface area contributed by atoms with Gasteiger partial charge in [-0.1, -0.05) is 54.1 Å². The van der Waals surface area contributed by atoms with E-state index in [0.29, 0.717) is 21.9 Å². The molecule has 128 valence electrons. The topological polar surface area (TPSA) is 51.2 Å². The van der Waals surface area contributed by atoms with Gasteiger partial charge in [-0.2, -0.15) is 0 Å². The number of benzene rings is 3. The molecule has 0 atom stereocenters. The Morgan fingerprint density at radius 3 is 2.46 bits per heavy atom. The van der Waals surface area contributed by atoms with Gasteiger partial charge in [-0.15, -0.1) is 0 Å². The maximum absolute atomic E-state index is 12.2. The van der Waals surface area contributed by atoms with Gasteiger partial charge in [0.1, 0.15) is 5.82 Å². The van der Waals surface area contributed by atoms with Crippen molar-refractivity contribution in [2.75, 3.05) is 12.4 Å². The molecule has 0 saturated heterocycles. The zero-order valence-electron chi connectivity index (χ0n) is 14.0. The second kappa shape index (κ2) is 6.65. The van der Waals surface area contributed by atoms with E-state index in [2.05, 4.69) is 5.32 Å². The molecule has 4 rings (SSSR count). The highest BCUT2D eigenvalue weighted by Gasteiger charge is 2.15. The monoisotopic (exact) mass is 362 g/mol. The molecule has 4 aromatic rings. The minimum atomic E-state index is -0.410. The third-order valence-electron chi connectivity index (χ3n) is 4.22. The Hall–Kier alpha value is -3.11. The summed E-state index contributed by atoms with van der Waals surface area (Å²) in [5, 5.41) is 6.82. The number of nitrogens with zero attached hydrogens (tertiary/aromatic N) is 1. The smallest absolute Gasteiger partial charge is 0.340 e. The summed E-state index contributed by atoms with van der Waals surface area (Å²) in [7, 11) is 1.37. The van der Waals surface area contributed by atoms with Crippen LogP contribution in [0.1, 0.15) is 10.4 Å². The molecule has 0 aliphatic rings. The van der Waals surface area contributed by atoms with Crippen LogP contribution in [0.2, 0.25) is 5.02 Å². The summed E-state index contributed by atoms with van der Waals surface area (Å²) in [5.41, 5.74) is 1.86. The molecular formula is C21H15ClN2O2. The largest absolute Gasteiger partial charge is 0.465 e. The van der Waals surface area contributed by atoms with Gasteiger partial charge in [0.25, 0.3) is 0 Å². The van der Waals surface area contributed by atoms with Crippen molar-refractivity contribution in [1.82, 2.24) is 4.98 Å². The molecule has 0 aliphatic heterocycles. The highest BCUT2D eigenvalue weighted by molar-refractivity contribution is 6.30. The minimum Gasteiger partial charge on any atom is -0.465 e. The van der Waals surface area contributed by atoms with E-state index < -0.39 is 5.97 Å². The SMILES string of the molecule is COC(=O)c1cccc2c1nc(Nc1cccc(Cl)c1)c1ccccc12. The summed E-state index contributed by atoms with van der Waals surface area (Å²) in [6.45, 7) is 0. The van der Waals surface area contributed by atoms with E-state index in [4.69, 9.17) is 21.3 Å². The summed E-state index contributed by atoms with van der Waals surface area (Å²) in [5.74, 6) is 0.249. The van der Waals surface area contributed by atoms with Crippen LogP contribution in [0.25, 0.3) is 21.7 Å². The average molecular weight is 363 g/mol. The van der Waals surface area contributed by atoms with Crippen LogP contribution < -0.4 is 5.32 Å². The Kier molecular flexibility index (Phi) is 4.19. The molecule has 0 radical (unpaired) electrons. The predicted molar refractivity (Wildman–Crippen MR) is 105 cm³/mol. The van der Waals surface area contributed by atoms with Gasteiger partial charge in [0.15, 0.2) is 0 Å². The van der Waals surface area contributed by atoms with E-state index in [1.165, 1.54) is 7.11 Å². The van der Waals surface area contributed by atoms with Crippen LogP contribution in [0.15, 0.2) is 66.7 Å². The van der Waals surface area contributed by atoms with Crippen molar-refractivity contribution in [3.05, 3.63) is 77.3 Å². The number of carbonyl (C=O) groups excluding carboxylic acids is 1. The van der Waals surface area contributed by atoms with Crippen molar-refractivity contribution in [3.63, 3.8) is 0 Å². The Morgan fingerprint density at radius 1 is 0.962 bits per heavy atom. The van der Waals surface area contributed by atoms with Crippen molar-refractivity contribution >= 4 is 50.8 Å². The lowest BCUT2D eigenvalue weighted by molar-refractivity contribution is 0.0603. The third kappa shape index (κ3) is 2.85. The number of halogens is 1. The molecule has 1 heterocycles. The molecule has 0 saturated carbocycles. The van der Waals surface area contributed by atoms with Crippen molar-refractivity contribution in [2.24, 2.45) is 0 Å². The molecule has 1 aromatic heterocycles. The average Bonchev–Trinajstić information content (AvgIpc) is 2.67. The standard InChI is InChI=1S/C21H15ClN2O2/c1-26-21(25)18-11-5-10-16-15-8-2-3-9-17(15)20(24-19(16)18)23-14-7-4-6-13(22)12-14/h2-12H,1H3,(H,23,24). The number of esters is 1. The number of nitrogens with one attached hydrogen (secondary N) is 1. The van der Waals surface area contributed by atoms with Gasteiger partial charge < -0.3 is 10.1 Å². The quantitative estimate of drug-likeness (QED) is 0.382. The van der Waals surface area contributed by atoms with Crippen LogP contribution in [0, 0.1) is 0 Å². The number of pyridine rings is 1. The van der Waals surface area contributed by atoms with Gasteiger partial charge >= 0.3 is 5.97 Å². The Labute approximate surface area is 155 Å². The first-order chi connectivity index (χ1) is 12.7. The molecule has 1 N–H and O–H groups in total. The van der Waals surface area contributed by atoms with Crippen molar-refractivity contribution in [3.8, 4) is 0 Å². The van der Waals surface area contributed by atoms with E-state index in [1.54, 1.807) is 6.07 Å². The fourth-order valence-corrected chi connectivity index (χ4v) is 3.24. The van der Waals surface area contributed by atoms with Crippen LogP contribution in [-0.4, -0.2) is 18.1 Å². The van der Waals surface area contributed by atoms with Crippen molar-refractivity contribution in [1.29, 1.82) is 0 Å². The normalized spacial score (nSPS) is 10.8. The zero-order valence-corrected chi connectivity index (χ0v) is 14.7. The van der Waals surface area contributed by atoms with Gasteiger partial charge in [-0.3, -0.25) is 0 Å². The van der Waals surface area contributed by atoms with Gasteiger partial charge in [0.05, 0.1) is 18.2 Å². The molecule has 0 amide bonds. The lowest BCUT2D eigenvalue weighted by Crippen LogP contribution is -2.04. The first-order valence-corrected chi connectivity index (χ1v) is 8.47. The molecule has 0 aliphatic carbocycles. The Bertz CT molecular complexity index is 1140. The second-order valence-electron chi connectivity index (χ2n) is 5.83. The summed E-state index contributed by atoms with van der Waals surface area (Å²) < 4.78 is 4.91. The number of fused-ring (bicyclic) bond motifs is 3. The summed E-state index contributed by atoms with van der Waals surface area (Å²) in [4.78, 5) is 16.9. The molecule has 3 aromatic carbocycles. The summed E-state index contributed by atoms with van der Waals surface area (Å²) in [6.07, 6.45) is 0. The second-order valence-corrected chi connectivity index (χ2v) is 6.27. The number of methoxy groups -OCH3 is 1. The number of carbonyl (C=O) groups is 1. The Morgan fingerprint density at radius 2 is 1.69 bits per heavy atom. The maximum atomic E-state index is 12.2. The van der Waals surface area contributed by atoms with Gasteiger partial charge in [0, 0.05) is 21.5 Å². The third-order valence-corrected chi connectivity index (χ3v) is 4.46. The number of para-hydroxylation sites is 1. The number of hydrogen-bond donors (Lipinski definition) is 1. The molecule has 5 heteroatoms. The van der Waals surface area contributed by atoms with E-state index in [0.717, 1.165) is 21.8 Å². The van der Waals surface area contributed by atoms with E-state index >= 15 is 0 Å². The summed E-state index contributed by atoms with van der Waals surface area (Å²) in [6, 6.07) is 20.9. The van der Waals surface area contributed by atoms with Gasteiger partial charge in [-0.25, -0.2) is 9.78 Å². The fourth-order valence-electron chi connectivity index (χ4n) is 3.05. The first-order valence-electron chi connectivity index (χ1n) is 8.10. The predicted octanol–water partition coefficient (Wildman–Crippen LogP) is 5.57. The van der Waals surface area contributed by atoms with Crippen molar-refractivity contribution < 1.29 is 9.53 Å². The van der Waals surface area contributed by atoms with E-state index in [9.17, 15) is 4.79 Å². The highest BCUT2D eigenvalue weighted by Crippen LogP contribution is 2.32. The fraction of sp³-hybridized carbons (Fsp3) is 0.0476. The van der Waals surface area contributed by atoms with Gasteiger partial charge in [0.2, 0.25) is 0 Å². The molecule has 0 bridgehead atoms. The van der Waals surface area contributed by atoms with E-state index in [1.807, 2.05) is 60.7 Å². The van der Waals surface area contributed by atoms with Crippen LogP contribution >= 0.6 is 11.6 Å². The molecule has 26 heavy (non-hydrogen) atoms. The lowest BCUT2D eigenvalue weighted by Gasteiger charge is -2.13. The Balaban J connectivity index is 2.00. The van der Waals surface area contributed by atoms with Crippen LogP contribution in [0.3, 0.4) is 0 Å². The molecular weight excluding hydrogens is 348 g/mol. The van der Waals surface area contributed by atoms with Crippen LogP contribution in [0.4, 0.5) is 11.5 Å². The van der Waals surface area contributed by atoms with Crippen LogP contribution in [-0.2, 0) is 4.74 Å². The minimum absolute atomic E-state index is 0.410. The molecule has 0 unspecified atom stereocenters. The molecule has 0 fully saturated rings. The van der Waals surface area contributed by atoms with E-state index in [-0.39, 0.29) is 0 Å². The number of anilines is 2. The van der Waals surface area contributed by atoms with Crippen molar-refractivity contribution in [2.45, 2.75) is 0 Å².